The molecule has 2 heterocycles. The summed E-state index contributed by atoms with van der Waals surface area (Å²) < 4.78 is 18.4. The number of benzene rings is 1. The van der Waals surface area contributed by atoms with Crippen LogP contribution in [-0.4, -0.2) is 36.1 Å². The highest BCUT2D eigenvalue weighted by molar-refractivity contribution is 5.89. The summed E-state index contributed by atoms with van der Waals surface area (Å²) in [4.78, 5) is 14.4. The average Bonchev–Trinajstić information content (AvgIpc) is 2.63. The Morgan fingerprint density at radius 2 is 1.79 bits per heavy atom. The minimum Gasteiger partial charge on any atom is -0.459 e. The van der Waals surface area contributed by atoms with Crippen LogP contribution in [0.1, 0.15) is 36.0 Å². The molecule has 3 nitrogen and oxygen atoms in total. The van der Waals surface area contributed by atoms with Crippen molar-refractivity contribution in [2.45, 2.75) is 43.9 Å². The molecule has 0 aliphatic carbocycles. The van der Waals surface area contributed by atoms with Crippen LogP contribution in [0.2, 0.25) is 0 Å². The Morgan fingerprint density at radius 3 is 2.37 bits per heavy atom. The quantitative estimate of drug-likeness (QED) is 0.768. The number of carbonyl (C=O) groups is 1. The van der Waals surface area contributed by atoms with E-state index in [1.807, 2.05) is 0 Å². The summed E-state index contributed by atoms with van der Waals surface area (Å²) in [6, 6.07) is 6.61. The van der Waals surface area contributed by atoms with Gasteiger partial charge in [0, 0.05) is 24.9 Å². The van der Waals surface area contributed by atoms with Gasteiger partial charge in [-0.3, -0.25) is 0 Å². The van der Waals surface area contributed by atoms with Gasteiger partial charge < -0.3 is 9.64 Å². The highest BCUT2D eigenvalue weighted by Gasteiger charge is 2.39. The predicted octanol–water partition coefficient (Wildman–Crippen LogP) is 2.61. The van der Waals surface area contributed by atoms with E-state index in [0.717, 1.165) is 12.8 Å². The van der Waals surface area contributed by atoms with Crippen LogP contribution < -0.4 is 0 Å². The molecule has 2 fully saturated rings. The molecule has 0 amide bonds. The largest absolute Gasteiger partial charge is 0.459 e. The van der Waals surface area contributed by atoms with Gasteiger partial charge in [0.05, 0.1) is 5.56 Å². The Labute approximate surface area is 112 Å². The lowest BCUT2D eigenvalue weighted by atomic mass is 10.0. The highest BCUT2D eigenvalue weighted by Crippen LogP contribution is 2.35. The first-order valence-corrected chi connectivity index (χ1v) is 6.82. The summed E-state index contributed by atoms with van der Waals surface area (Å²) in [6.07, 6.45) is 4.24. The minimum atomic E-state index is -0.339. The van der Waals surface area contributed by atoms with Crippen LogP contribution in [0.3, 0.4) is 0 Å². The van der Waals surface area contributed by atoms with E-state index in [1.165, 1.54) is 37.1 Å². The Bertz CT molecular complexity index is 460. The van der Waals surface area contributed by atoms with E-state index in [2.05, 4.69) is 11.9 Å². The number of fused-ring (bicyclic) bond motifs is 2. The number of ether oxygens (including phenoxy) is 1. The van der Waals surface area contributed by atoms with Crippen molar-refractivity contribution in [2.24, 2.45) is 0 Å². The second kappa shape index (κ2) is 4.93. The normalized spacial score (nSPS) is 30.3. The molecule has 2 saturated heterocycles. The SMILES string of the molecule is CN1C2CCC1CC(OC(=O)c1ccc(F)cc1)C2. The molecule has 102 valence electrons. The molecule has 2 atom stereocenters. The van der Waals surface area contributed by atoms with Crippen LogP contribution >= 0.6 is 0 Å². The van der Waals surface area contributed by atoms with Gasteiger partial charge in [0.15, 0.2) is 0 Å². The molecule has 0 aromatic heterocycles. The topological polar surface area (TPSA) is 29.5 Å². The number of carbonyl (C=O) groups excluding carboxylic acids is 1. The van der Waals surface area contributed by atoms with E-state index in [-0.39, 0.29) is 17.9 Å². The molecule has 2 unspecified atom stereocenters. The zero-order valence-corrected chi connectivity index (χ0v) is 11.0. The summed E-state index contributed by atoms with van der Waals surface area (Å²) in [6.45, 7) is 0. The molecule has 2 bridgehead atoms. The molecule has 0 radical (unpaired) electrons. The van der Waals surface area contributed by atoms with Gasteiger partial charge in [0.25, 0.3) is 0 Å². The second-order valence-electron chi connectivity index (χ2n) is 5.56. The summed E-state index contributed by atoms with van der Waals surface area (Å²) in [5, 5.41) is 0. The number of hydrogen-bond acceptors (Lipinski definition) is 3. The van der Waals surface area contributed by atoms with Gasteiger partial charge in [-0.05, 0) is 44.2 Å². The summed E-state index contributed by atoms with van der Waals surface area (Å²) >= 11 is 0. The third-order valence-corrected chi connectivity index (χ3v) is 4.41. The van der Waals surface area contributed by atoms with Crippen molar-refractivity contribution in [1.82, 2.24) is 4.90 Å². The van der Waals surface area contributed by atoms with Crippen LogP contribution in [0.5, 0.6) is 0 Å². The molecule has 0 spiro atoms. The summed E-state index contributed by atoms with van der Waals surface area (Å²) in [5.74, 6) is -0.678. The lowest BCUT2D eigenvalue weighted by molar-refractivity contribution is -0.000451. The summed E-state index contributed by atoms with van der Waals surface area (Å²) in [5.41, 5.74) is 0.424. The Morgan fingerprint density at radius 1 is 1.21 bits per heavy atom. The van der Waals surface area contributed by atoms with Gasteiger partial charge in [-0.25, -0.2) is 9.18 Å². The number of esters is 1. The first-order chi connectivity index (χ1) is 9.13. The van der Waals surface area contributed by atoms with E-state index >= 15 is 0 Å². The van der Waals surface area contributed by atoms with Crippen LogP contribution in [0.4, 0.5) is 4.39 Å². The number of halogens is 1. The number of hydrogen-bond donors (Lipinski definition) is 0. The lowest BCUT2D eigenvalue weighted by Crippen LogP contribution is -2.43. The first-order valence-electron chi connectivity index (χ1n) is 6.82. The molecule has 1 aromatic rings. The summed E-state index contributed by atoms with van der Waals surface area (Å²) in [7, 11) is 2.15. The van der Waals surface area contributed by atoms with Gasteiger partial charge in [-0.1, -0.05) is 0 Å². The Balaban J connectivity index is 1.63. The van der Waals surface area contributed by atoms with Crippen molar-refractivity contribution in [3.05, 3.63) is 35.6 Å². The smallest absolute Gasteiger partial charge is 0.338 e. The van der Waals surface area contributed by atoms with Crippen molar-refractivity contribution >= 4 is 5.97 Å². The van der Waals surface area contributed by atoms with Crippen LogP contribution in [0, 0.1) is 5.82 Å². The van der Waals surface area contributed by atoms with Gasteiger partial charge in [0.2, 0.25) is 0 Å². The average molecular weight is 263 g/mol. The standard InChI is InChI=1S/C15H18FNO2/c1-17-12-6-7-13(17)9-14(8-12)19-15(18)10-2-4-11(16)5-3-10/h2-5,12-14H,6-9H2,1H3. The minimum absolute atomic E-state index is 0.00579. The maximum atomic E-state index is 12.8. The van der Waals surface area contributed by atoms with Crippen LogP contribution in [0.15, 0.2) is 24.3 Å². The zero-order valence-electron chi connectivity index (χ0n) is 11.0. The van der Waals surface area contributed by atoms with E-state index in [1.54, 1.807) is 0 Å². The van der Waals surface area contributed by atoms with E-state index in [9.17, 15) is 9.18 Å². The Hall–Kier alpha value is -1.42. The molecule has 1 aromatic carbocycles. The molecule has 19 heavy (non-hydrogen) atoms. The van der Waals surface area contributed by atoms with Crippen molar-refractivity contribution in [3.8, 4) is 0 Å². The molecule has 3 rings (SSSR count). The third kappa shape index (κ3) is 2.50. The van der Waals surface area contributed by atoms with Gasteiger partial charge >= 0.3 is 5.97 Å². The fourth-order valence-corrected chi connectivity index (χ4v) is 3.26. The molecule has 0 N–H and O–H groups in total. The van der Waals surface area contributed by atoms with Crippen molar-refractivity contribution in [2.75, 3.05) is 7.05 Å². The van der Waals surface area contributed by atoms with Gasteiger partial charge in [0.1, 0.15) is 11.9 Å². The molecule has 4 heteroatoms. The zero-order chi connectivity index (χ0) is 13.4. The predicted molar refractivity (Wildman–Crippen MR) is 69.4 cm³/mol. The van der Waals surface area contributed by atoms with Crippen LogP contribution in [-0.2, 0) is 4.74 Å². The monoisotopic (exact) mass is 263 g/mol. The number of rotatable bonds is 2. The first kappa shape index (κ1) is 12.6. The van der Waals surface area contributed by atoms with E-state index < -0.39 is 0 Å². The molecule has 2 aliphatic rings. The Kier molecular flexibility index (Phi) is 3.27. The third-order valence-electron chi connectivity index (χ3n) is 4.41. The molecular weight excluding hydrogens is 245 g/mol. The van der Waals surface area contributed by atoms with E-state index in [4.69, 9.17) is 4.74 Å². The van der Waals surface area contributed by atoms with Gasteiger partial charge in [-0.2, -0.15) is 0 Å². The number of nitrogens with zero attached hydrogens (tertiary/aromatic N) is 1. The second-order valence-corrected chi connectivity index (χ2v) is 5.56. The van der Waals surface area contributed by atoms with E-state index in [0.29, 0.717) is 17.6 Å². The molecule has 0 saturated carbocycles. The van der Waals surface area contributed by atoms with Crippen molar-refractivity contribution in [3.63, 3.8) is 0 Å². The van der Waals surface area contributed by atoms with Gasteiger partial charge in [-0.15, -0.1) is 0 Å². The maximum Gasteiger partial charge on any atom is 0.338 e. The lowest BCUT2D eigenvalue weighted by Gasteiger charge is -2.35. The number of piperidine rings is 1. The highest BCUT2D eigenvalue weighted by atomic mass is 19.1. The molecule has 2 aliphatic heterocycles. The van der Waals surface area contributed by atoms with Crippen LogP contribution in [0.25, 0.3) is 0 Å². The fraction of sp³-hybridized carbons (Fsp3) is 0.533. The fourth-order valence-electron chi connectivity index (χ4n) is 3.26. The van der Waals surface area contributed by atoms with Crippen molar-refractivity contribution < 1.29 is 13.9 Å². The molecular formula is C15H18FNO2. The van der Waals surface area contributed by atoms with Crippen molar-refractivity contribution in [1.29, 1.82) is 0 Å². The maximum absolute atomic E-state index is 12.8.